The van der Waals surface area contributed by atoms with Crippen molar-refractivity contribution in [2.75, 3.05) is 7.11 Å². The molecule has 0 aliphatic heterocycles. The monoisotopic (exact) mass is 422 g/mol. The number of amides is 1. The number of hydrogen-bond acceptors (Lipinski definition) is 3. The van der Waals surface area contributed by atoms with E-state index < -0.39 is 5.92 Å². The molecule has 3 aromatic rings. The van der Waals surface area contributed by atoms with Gasteiger partial charge in [0.2, 0.25) is 0 Å². The molecule has 0 fully saturated rings. The normalized spacial score (nSPS) is 10.9. The van der Waals surface area contributed by atoms with Crippen LogP contribution in [0.5, 0.6) is 5.75 Å². The van der Waals surface area contributed by atoms with Crippen molar-refractivity contribution in [1.82, 2.24) is 5.43 Å². The number of benzene rings is 3. The molecule has 0 bridgehead atoms. The maximum atomic E-state index is 12.8. The van der Waals surface area contributed by atoms with Crippen LogP contribution in [0.3, 0.4) is 0 Å². The van der Waals surface area contributed by atoms with Crippen molar-refractivity contribution in [1.29, 1.82) is 0 Å². The molecule has 0 aliphatic rings. The molecule has 0 atom stereocenters. The van der Waals surface area contributed by atoms with Crippen molar-refractivity contribution < 1.29 is 9.53 Å². The zero-order valence-corrected chi connectivity index (χ0v) is 16.4. The smallest absolute Gasteiger partial charge is 0.252 e. The summed E-state index contributed by atoms with van der Waals surface area (Å²) in [6.45, 7) is 0. The molecular weight excluding hydrogens is 404 g/mol. The molecule has 3 aromatic carbocycles. The van der Waals surface area contributed by atoms with Crippen molar-refractivity contribution in [3.05, 3.63) is 100 Å². The fourth-order valence-electron chi connectivity index (χ4n) is 2.78. The molecule has 136 valence electrons. The summed E-state index contributed by atoms with van der Waals surface area (Å²) >= 11 is 3.44. The van der Waals surface area contributed by atoms with E-state index in [-0.39, 0.29) is 5.91 Å². The SMILES string of the molecule is COc1ccc(/C=N\NC(=O)C(c2ccccc2)c2ccccc2)cc1Br. The second-order valence-electron chi connectivity index (χ2n) is 5.88. The molecular formula is C22H19BrN2O2. The number of hydrazone groups is 1. The van der Waals surface area contributed by atoms with Crippen LogP contribution in [-0.2, 0) is 4.79 Å². The van der Waals surface area contributed by atoms with E-state index in [1.165, 1.54) is 0 Å². The van der Waals surface area contributed by atoms with E-state index in [1.807, 2.05) is 78.9 Å². The Kier molecular flexibility index (Phi) is 6.39. The third-order valence-electron chi connectivity index (χ3n) is 4.09. The molecule has 1 amide bonds. The summed E-state index contributed by atoms with van der Waals surface area (Å²) in [6.07, 6.45) is 1.61. The maximum absolute atomic E-state index is 12.8. The number of hydrogen-bond donors (Lipinski definition) is 1. The summed E-state index contributed by atoms with van der Waals surface area (Å²) in [7, 11) is 1.61. The van der Waals surface area contributed by atoms with Gasteiger partial charge in [0.15, 0.2) is 0 Å². The van der Waals surface area contributed by atoms with E-state index in [1.54, 1.807) is 13.3 Å². The Morgan fingerprint density at radius 2 is 1.59 bits per heavy atom. The summed E-state index contributed by atoms with van der Waals surface area (Å²) in [5.41, 5.74) is 5.35. The first kappa shape index (κ1) is 18.9. The van der Waals surface area contributed by atoms with Crippen LogP contribution >= 0.6 is 15.9 Å². The number of ether oxygens (including phenoxy) is 1. The highest BCUT2D eigenvalue weighted by Crippen LogP contribution is 2.26. The van der Waals surface area contributed by atoms with Crippen LogP contribution in [0.4, 0.5) is 0 Å². The zero-order valence-electron chi connectivity index (χ0n) is 14.8. The van der Waals surface area contributed by atoms with Gasteiger partial charge >= 0.3 is 0 Å². The first-order valence-corrected chi connectivity index (χ1v) is 9.24. The lowest BCUT2D eigenvalue weighted by Crippen LogP contribution is -2.26. The molecule has 0 spiro atoms. The average Bonchev–Trinajstić information content (AvgIpc) is 2.70. The van der Waals surface area contributed by atoms with Gasteiger partial charge in [-0.15, -0.1) is 0 Å². The molecule has 0 radical (unpaired) electrons. The number of carbonyl (C=O) groups excluding carboxylic acids is 1. The van der Waals surface area contributed by atoms with Gasteiger partial charge < -0.3 is 4.74 Å². The van der Waals surface area contributed by atoms with Crippen molar-refractivity contribution in [3.8, 4) is 5.75 Å². The van der Waals surface area contributed by atoms with E-state index in [2.05, 4.69) is 26.5 Å². The second kappa shape index (κ2) is 9.14. The van der Waals surface area contributed by atoms with Crippen molar-refractivity contribution >= 4 is 28.1 Å². The number of nitrogens with zero attached hydrogens (tertiary/aromatic N) is 1. The van der Waals surface area contributed by atoms with Gasteiger partial charge in [-0.3, -0.25) is 4.79 Å². The summed E-state index contributed by atoms with van der Waals surface area (Å²) in [5.74, 6) is 0.132. The van der Waals surface area contributed by atoms with Crippen LogP contribution in [0, 0.1) is 0 Å². The predicted octanol–water partition coefficient (Wildman–Crippen LogP) is 4.74. The Bertz CT molecular complexity index is 888. The van der Waals surface area contributed by atoms with E-state index in [4.69, 9.17) is 4.74 Å². The second-order valence-corrected chi connectivity index (χ2v) is 6.74. The lowest BCUT2D eigenvalue weighted by molar-refractivity contribution is -0.121. The molecule has 0 aromatic heterocycles. The number of carbonyl (C=O) groups is 1. The molecule has 0 heterocycles. The zero-order chi connectivity index (χ0) is 19.1. The molecule has 1 N–H and O–H groups in total. The number of rotatable bonds is 6. The highest BCUT2D eigenvalue weighted by atomic mass is 79.9. The van der Waals surface area contributed by atoms with Crippen LogP contribution in [0.15, 0.2) is 88.4 Å². The molecule has 4 nitrogen and oxygen atoms in total. The van der Waals surface area contributed by atoms with E-state index in [0.717, 1.165) is 26.9 Å². The lowest BCUT2D eigenvalue weighted by atomic mass is 9.91. The minimum Gasteiger partial charge on any atom is -0.496 e. The van der Waals surface area contributed by atoms with E-state index in [0.29, 0.717) is 0 Å². The molecule has 27 heavy (non-hydrogen) atoms. The van der Waals surface area contributed by atoms with Crippen LogP contribution < -0.4 is 10.2 Å². The van der Waals surface area contributed by atoms with E-state index >= 15 is 0 Å². The van der Waals surface area contributed by atoms with Gasteiger partial charge in [-0.1, -0.05) is 60.7 Å². The largest absolute Gasteiger partial charge is 0.496 e. The lowest BCUT2D eigenvalue weighted by Gasteiger charge is -2.16. The number of methoxy groups -OCH3 is 1. The van der Waals surface area contributed by atoms with Crippen LogP contribution in [-0.4, -0.2) is 19.2 Å². The number of halogens is 1. The van der Waals surface area contributed by atoms with E-state index in [9.17, 15) is 4.79 Å². The third kappa shape index (κ3) is 4.83. The fourth-order valence-corrected chi connectivity index (χ4v) is 3.34. The maximum Gasteiger partial charge on any atom is 0.252 e. The van der Waals surface area contributed by atoms with Crippen LogP contribution in [0.25, 0.3) is 0 Å². The Hall–Kier alpha value is -2.92. The minimum atomic E-state index is -0.424. The Balaban J connectivity index is 1.78. The first-order chi connectivity index (χ1) is 13.2. The standard InChI is InChI=1S/C22H19BrN2O2/c1-27-20-13-12-16(14-19(20)23)15-24-25-22(26)21(17-8-4-2-5-9-17)18-10-6-3-7-11-18/h2-15,21H,1H3,(H,25,26)/b24-15-. The topological polar surface area (TPSA) is 50.7 Å². The van der Waals surface area contributed by atoms with Gasteiger partial charge in [0.25, 0.3) is 5.91 Å². The Morgan fingerprint density at radius 3 is 2.11 bits per heavy atom. The predicted molar refractivity (Wildman–Crippen MR) is 111 cm³/mol. The van der Waals surface area contributed by atoms with Crippen LogP contribution in [0.2, 0.25) is 0 Å². The molecule has 0 aliphatic carbocycles. The molecule has 5 heteroatoms. The van der Waals surface area contributed by atoms with Gasteiger partial charge in [0, 0.05) is 0 Å². The number of nitrogens with one attached hydrogen (secondary N) is 1. The van der Waals surface area contributed by atoms with Gasteiger partial charge in [-0.05, 0) is 50.8 Å². The first-order valence-electron chi connectivity index (χ1n) is 8.45. The fraction of sp³-hybridized carbons (Fsp3) is 0.0909. The van der Waals surface area contributed by atoms with Crippen LogP contribution in [0.1, 0.15) is 22.6 Å². The third-order valence-corrected chi connectivity index (χ3v) is 4.71. The van der Waals surface area contributed by atoms with Gasteiger partial charge in [0.1, 0.15) is 5.75 Å². The Labute approximate surface area is 167 Å². The summed E-state index contributed by atoms with van der Waals surface area (Å²) < 4.78 is 6.04. The molecule has 0 saturated carbocycles. The highest BCUT2D eigenvalue weighted by molar-refractivity contribution is 9.10. The molecule has 0 unspecified atom stereocenters. The molecule has 0 saturated heterocycles. The summed E-state index contributed by atoms with van der Waals surface area (Å²) in [4.78, 5) is 12.8. The minimum absolute atomic E-state index is 0.184. The summed E-state index contributed by atoms with van der Waals surface area (Å²) in [5, 5.41) is 4.12. The van der Waals surface area contributed by atoms with Gasteiger partial charge in [-0.25, -0.2) is 5.43 Å². The van der Waals surface area contributed by atoms with Crippen molar-refractivity contribution in [2.24, 2.45) is 5.10 Å². The average molecular weight is 423 g/mol. The Morgan fingerprint density at radius 1 is 1.00 bits per heavy atom. The van der Waals surface area contributed by atoms with Crippen molar-refractivity contribution in [2.45, 2.75) is 5.92 Å². The molecule has 3 rings (SSSR count). The quantitative estimate of drug-likeness (QED) is 0.460. The summed E-state index contributed by atoms with van der Waals surface area (Å²) in [6, 6.07) is 24.9. The van der Waals surface area contributed by atoms with Crippen molar-refractivity contribution in [3.63, 3.8) is 0 Å². The van der Waals surface area contributed by atoms with Gasteiger partial charge in [-0.2, -0.15) is 5.10 Å². The highest BCUT2D eigenvalue weighted by Gasteiger charge is 2.22. The van der Waals surface area contributed by atoms with Gasteiger partial charge in [0.05, 0.1) is 23.7 Å².